The fourth-order valence-electron chi connectivity index (χ4n) is 2.69. The van der Waals surface area contributed by atoms with Gasteiger partial charge in [0.1, 0.15) is 0 Å². The Morgan fingerprint density at radius 2 is 1.91 bits per heavy atom. The summed E-state index contributed by atoms with van der Waals surface area (Å²) in [4.78, 5) is 10.2. The summed E-state index contributed by atoms with van der Waals surface area (Å²) < 4.78 is 3.13. The lowest BCUT2D eigenvalue weighted by atomic mass is 10.2. The van der Waals surface area contributed by atoms with E-state index in [-0.39, 0.29) is 0 Å². The minimum absolute atomic E-state index is 0.849. The molecule has 0 N–H and O–H groups in total. The lowest BCUT2D eigenvalue weighted by Gasteiger charge is -2.06. The molecule has 4 aromatic rings. The molecular formula is C18H16N4S. The zero-order valence-corrected chi connectivity index (χ0v) is 14.1. The van der Waals surface area contributed by atoms with E-state index < -0.39 is 0 Å². The van der Waals surface area contributed by atoms with Crippen LogP contribution in [-0.2, 0) is 0 Å². The van der Waals surface area contributed by atoms with Crippen LogP contribution < -0.4 is 0 Å². The maximum atomic E-state index is 4.71. The largest absolute Gasteiger partial charge is 0.255 e. The Balaban J connectivity index is 1.97. The molecule has 114 valence electrons. The fraction of sp³-hybridized carbons (Fsp3) is 0.167. The lowest BCUT2D eigenvalue weighted by molar-refractivity contribution is 0.834. The normalized spacial score (nSPS) is 11.3. The molecule has 4 nitrogen and oxygen atoms in total. The van der Waals surface area contributed by atoms with Gasteiger partial charge in [0.15, 0.2) is 5.82 Å². The van der Waals surface area contributed by atoms with Gasteiger partial charge in [0.2, 0.25) is 0 Å². The van der Waals surface area contributed by atoms with E-state index in [9.17, 15) is 0 Å². The van der Waals surface area contributed by atoms with E-state index in [1.54, 1.807) is 11.3 Å². The second kappa shape index (κ2) is 5.28. The van der Waals surface area contributed by atoms with Gasteiger partial charge in [-0.1, -0.05) is 6.07 Å². The molecule has 0 bridgehead atoms. The highest BCUT2D eigenvalue weighted by Gasteiger charge is 2.18. The van der Waals surface area contributed by atoms with Gasteiger partial charge in [0.05, 0.1) is 26.5 Å². The molecule has 0 aromatic carbocycles. The number of aromatic nitrogens is 4. The molecule has 4 heterocycles. The fourth-order valence-corrected chi connectivity index (χ4v) is 3.80. The third kappa shape index (κ3) is 2.33. The summed E-state index contributed by atoms with van der Waals surface area (Å²) in [5.74, 6) is 0.849. The zero-order chi connectivity index (χ0) is 16.0. The van der Waals surface area contributed by atoms with Crippen molar-refractivity contribution in [2.24, 2.45) is 0 Å². The molecule has 5 heteroatoms. The van der Waals surface area contributed by atoms with Crippen molar-refractivity contribution in [3.05, 3.63) is 59.5 Å². The second-order valence-corrected chi connectivity index (χ2v) is 6.69. The maximum Gasteiger partial charge on any atom is 0.154 e. The molecule has 0 amide bonds. The van der Waals surface area contributed by atoms with Crippen LogP contribution in [0.4, 0.5) is 0 Å². The van der Waals surface area contributed by atoms with E-state index in [0.29, 0.717) is 0 Å². The molecule has 23 heavy (non-hydrogen) atoms. The van der Waals surface area contributed by atoms with Crippen molar-refractivity contribution in [3.8, 4) is 16.4 Å². The van der Waals surface area contributed by atoms with Crippen LogP contribution in [0.25, 0.3) is 26.6 Å². The molecule has 0 radical (unpaired) electrons. The number of thiophene rings is 1. The first-order valence-corrected chi connectivity index (χ1v) is 8.30. The molecule has 0 atom stereocenters. The number of hydrogen-bond donors (Lipinski definition) is 0. The second-order valence-electron chi connectivity index (χ2n) is 5.61. The zero-order valence-electron chi connectivity index (χ0n) is 13.2. The number of nitrogens with zero attached hydrogens (tertiary/aromatic N) is 4. The van der Waals surface area contributed by atoms with Crippen molar-refractivity contribution in [1.82, 2.24) is 19.7 Å². The van der Waals surface area contributed by atoms with Gasteiger partial charge in [-0.3, -0.25) is 4.98 Å². The minimum Gasteiger partial charge on any atom is -0.255 e. The number of rotatable bonds is 2. The van der Waals surface area contributed by atoms with Crippen LogP contribution in [0.2, 0.25) is 0 Å². The smallest absolute Gasteiger partial charge is 0.154 e. The molecule has 0 aliphatic carbocycles. The highest BCUT2D eigenvalue weighted by molar-refractivity contribution is 7.22. The first kappa shape index (κ1) is 14.1. The van der Waals surface area contributed by atoms with Crippen molar-refractivity contribution < 1.29 is 0 Å². The highest BCUT2D eigenvalue weighted by Crippen LogP contribution is 2.36. The molecule has 0 aliphatic rings. The summed E-state index contributed by atoms with van der Waals surface area (Å²) in [6.07, 6.45) is 1.83. The van der Waals surface area contributed by atoms with Gasteiger partial charge < -0.3 is 0 Å². The Kier molecular flexibility index (Phi) is 3.23. The maximum absolute atomic E-state index is 4.71. The Morgan fingerprint density at radius 3 is 2.70 bits per heavy atom. The van der Waals surface area contributed by atoms with Gasteiger partial charge >= 0.3 is 0 Å². The number of aryl methyl sites for hydroxylation is 2. The van der Waals surface area contributed by atoms with Crippen molar-refractivity contribution in [3.63, 3.8) is 0 Å². The Bertz CT molecular complexity index is 980. The number of pyridine rings is 2. The Hall–Kier alpha value is -2.53. The van der Waals surface area contributed by atoms with Crippen LogP contribution in [0.5, 0.6) is 0 Å². The third-order valence-corrected chi connectivity index (χ3v) is 5.07. The first-order valence-electron chi connectivity index (χ1n) is 7.48. The third-order valence-electron chi connectivity index (χ3n) is 3.97. The summed E-state index contributed by atoms with van der Waals surface area (Å²) >= 11 is 1.74. The van der Waals surface area contributed by atoms with Crippen LogP contribution in [0.1, 0.15) is 17.0 Å². The van der Waals surface area contributed by atoms with Gasteiger partial charge in [0, 0.05) is 11.9 Å². The molecule has 0 unspecified atom stereocenters. The van der Waals surface area contributed by atoms with Crippen LogP contribution in [0.3, 0.4) is 0 Å². The Morgan fingerprint density at radius 1 is 1.04 bits per heavy atom. The van der Waals surface area contributed by atoms with E-state index >= 15 is 0 Å². The molecule has 0 saturated heterocycles. The van der Waals surface area contributed by atoms with E-state index in [0.717, 1.165) is 28.4 Å². The minimum atomic E-state index is 0.849. The molecule has 0 spiro atoms. The van der Waals surface area contributed by atoms with Gasteiger partial charge in [-0.2, -0.15) is 5.10 Å². The van der Waals surface area contributed by atoms with Crippen molar-refractivity contribution in [2.45, 2.75) is 20.8 Å². The number of fused-ring (bicyclic) bond motifs is 1. The van der Waals surface area contributed by atoms with Crippen LogP contribution >= 0.6 is 11.3 Å². The van der Waals surface area contributed by atoms with E-state index in [4.69, 9.17) is 5.10 Å². The summed E-state index contributed by atoms with van der Waals surface area (Å²) in [7, 11) is 0. The summed E-state index contributed by atoms with van der Waals surface area (Å²) in [5.41, 5.74) is 5.31. The van der Waals surface area contributed by atoms with Crippen LogP contribution in [-0.4, -0.2) is 19.7 Å². The van der Waals surface area contributed by atoms with Crippen molar-refractivity contribution >= 4 is 21.6 Å². The number of hydrogen-bond acceptors (Lipinski definition) is 4. The van der Waals surface area contributed by atoms with Gasteiger partial charge in [0.25, 0.3) is 0 Å². The van der Waals surface area contributed by atoms with Crippen molar-refractivity contribution in [2.75, 3.05) is 0 Å². The molecule has 4 rings (SSSR count). The predicted octanol–water partition coefficient (Wildman–Crippen LogP) is 4.47. The quantitative estimate of drug-likeness (QED) is 0.547. The average Bonchev–Trinajstić information content (AvgIpc) is 3.09. The summed E-state index contributed by atoms with van der Waals surface area (Å²) in [6.45, 7) is 6.15. The first-order chi connectivity index (χ1) is 11.1. The molecule has 0 aliphatic heterocycles. The van der Waals surface area contributed by atoms with Crippen LogP contribution in [0.15, 0.2) is 42.6 Å². The van der Waals surface area contributed by atoms with E-state index in [2.05, 4.69) is 29.0 Å². The standard InChI is InChI=1S/C18H16N4S/c1-11-6-4-8-17(20-11)22-18(12(2)13(3)21-22)16-10-14-15(23-16)7-5-9-19-14/h4-10H,1-3H3. The van der Waals surface area contributed by atoms with Gasteiger partial charge in [-0.25, -0.2) is 9.67 Å². The Labute approximate surface area is 138 Å². The monoisotopic (exact) mass is 320 g/mol. The topological polar surface area (TPSA) is 43.6 Å². The average molecular weight is 320 g/mol. The molecule has 4 aromatic heterocycles. The molecule has 0 saturated carbocycles. The SMILES string of the molecule is Cc1cccc(-n2nc(C)c(C)c2-c2cc3ncccc3s2)n1. The van der Waals surface area contributed by atoms with Crippen LogP contribution in [0, 0.1) is 20.8 Å². The van der Waals surface area contributed by atoms with Crippen molar-refractivity contribution in [1.29, 1.82) is 0 Å². The summed E-state index contributed by atoms with van der Waals surface area (Å²) in [6, 6.07) is 12.2. The lowest BCUT2D eigenvalue weighted by Crippen LogP contribution is -2.02. The van der Waals surface area contributed by atoms with E-state index in [1.165, 1.54) is 15.1 Å². The molecular weight excluding hydrogens is 304 g/mol. The molecule has 0 fully saturated rings. The predicted molar refractivity (Wildman–Crippen MR) is 94.2 cm³/mol. The van der Waals surface area contributed by atoms with Gasteiger partial charge in [-0.05, 0) is 56.7 Å². The van der Waals surface area contributed by atoms with Gasteiger partial charge in [-0.15, -0.1) is 11.3 Å². The summed E-state index contributed by atoms with van der Waals surface area (Å²) in [5, 5.41) is 4.71. The van der Waals surface area contributed by atoms with E-state index in [1.807, 2.05) is 49.0 Å². The highest BCUT2D eigenvalue weighted by atomic mass is 32.1.